The first-order valence-corrected chi connectivity index (χ1v) is 4.12. The smallest absolute Gasteiger partial charge is 0.450 e. The van der Waals surface area contributed by atoms with Crippen LogP contribution in [0.2, 0.25) is 0 Å². The quantitative estimate of drug-likeness (QED) is 0.399. The van der Waals surface area contributed by atoms with Crippen LogP contribution in [0.4, 0.5) is 9.59 Å². The molecule has 1 heterocycles. The van der Waals surface area contributed by atoms with E-state index in [2.05, 4.69) is 14.5 Å². The van der Waals surface area contributed by atoms with Gasteiger partial charge in [0, 0.05) is 0 Å². The molecule has 1 aliphatic rings. The third-order valence-electron chi connectivity index (χ3n) is 1.49. The van der Waals surface area contributed by atoms with Crippen molar-refractivity contribution in [2.75, 3.05) is 0 Å². The molecule has 1 aromatic rings. The first-order valence-electron chi connectivity index (χ1n) is 4.12. The van der Waals surface area contributed by atoms with Gasteiger partial charge >= 0.3 is 18.3 Å². The molecule has 0 amide bonds. The molecule has 8 heteroatoms. The highest BCUT2D eigenvalue weighted by Crippen LogP contribution is 2.21. The van der Waals surface area contributed by atoms with Crippen LogP contribution in [0.3, 0.4) is 0 Å². The van der Waals surface area contributed by atoms with Gasteiger partial charge in [-0.25, -0.2) is 19.4 Å². The lowest BCUT2D eigenvalue weighted by molar-refractivity contribution is -0.192. The Bertz CT molecular complexity index is 448. The second-order valence-electron chi connectivity index (χ2n) is 2.58. The van der Waals surface area contributed by atoms with E-state index in [1.807, 2.05) is 0 Å². The Kier molecular flexibility index (Phi) is 3.87. The van der Waals surface area contributed by atoms with Crippen molar-refractivity contribution in [1.29, 1.82) is 0 Å². The van der Waals surface area contributed by atoms with Crippen molar-refractivity contribution in [2.24, 2.45) is 0 Å². The van der Waals surface area contributed by atoms with Gasteiger partial charge in [-0.1, -0.05) is 12.1 Å². The summed E-state index contributed by atoms with van der Waals surface area (Å²) in [6, 6.07) is 6.20. The number of fused-ring (bicyclic) bond motifs is 1. The molecule has 0 atom stereocenters. The maximum Gasteiger partial charge on any atom is 0.555 e. The maximum atomic E-state index is 11.1. The number of carboxylic acid groups (broad SMARTS) is 2. The fourth-order valence-corrected chi connectivity index (χ4v) is 0.948. The number of rotatable bonds is 0. The van der Waals surface area contributed by atoms with Crippen LogP contribution in [-0.2, 0) is 9.78 Å². The minimum Gasteiger partial charge on any atom is -0.450 e. The molecule has 0 aliphatic carbocycles. The molecule has 0 saturated heterocycles. The Morgan fingerprint density at radius 1 is 1.06 bits per heavy atom. The summed E-state index contributed by atoms with van der Waals surface area (Å²) in [6.07, 6.45) is -2.89. The number of hydrogen-bond donors (Lipinski definition) is 2. The summed E-state index contributed by atoms with van der Waals surface area (Å²) in [5, 5.41) is 13.9. The van der Waals surface area contributed by atoms with Gasteiger partial charge in [-0.15, -0.1) is 0 Å². The van der Waals surface area contributed by atoms with Crippen molar-refractivity contribution < 1.29 is 39.1 Å². The minimum absolute atomic E-state index is 0.134. The van der Waals surface area contributed by atoms with Crippen LogP contribution >= 0.6 is 0 Å². The van der Waals surface area contributed by atoms with Gasteiger partial charge in [0.1, 0.15) is 11.3 Å². The first-order chi connectivity index (χ1) is 8.00. The van der Waals surface area contributed by atoms with E-state index in [1.54, 1.807) is 12.1 Å². The van der Waals surface area contributed by atoms with E-state index in [0.29, 0.717) is 0 Å². The zero-order chi connectivity index (χ0) is 12.8. The molecule has 0 unspecified atom stereocenters. The molecule has 1 aliphatic heterocycles. The predicted molar refractivity (Wildman–Crippen MR) is 49.6 cm³/mol. The highest BCUT2D eigenvalue weighted by Gasteiger charge is 2.23. The zero-order valence-electron chi connectivity index (χ0n) is 8.15. The number of benzene rings is 1. The number of para-hydroxylation sites is 1. The topological polar surface area (TPSA) is 119 Å². The van der Waals surface area contributed by atoms with Crippen LogP contribution in [-0.4, -0.2) is 28.5 Å². The van der Waals surface area contributed by atoms with Crippen LogP contribution in [0.25, 0.3) is 0 Å². The minimum atomic E-state index is -1.83. The maximum absolute atomic E-state index is 11.1. The lowest BCUT2D eigenvalue weighted by atomic mass is 10.2. The first kappa shape index (κ1) is 12.3. The highest BCUT2D eigenvalue weighted by atomic mass is 17.2. The molecule has 0 saturated carbocycles. The third-order valence-corrected chi connectivity index (χ3v) is 1.49. The van der Waals surface area contributed by atoms with Gasteiger partial charge < -0.3 is 14.9 Å². The van der Waals surface area contributed by atoms with Crippen LogP contribution < -0.4 is 4.74 Å². The standard InChI is InChI=1S/C8H4O5.CH2O3/c9-7-5-3-1-2-4-6(5)11-8(10)13-12-7;2-1(3)4/h1-4H;(H2,2,3,4). The lowest BCUT2D eigenvalue weighted by Gasteiger charge is -1.97. The molecule has 2 rings (SSSR count). The van der Waals surface area contributed by atoms with Crippen LogP contribution in [0.15, 0.2) is 24.3 Å². The predicted octanol–water partition coefficient (Wildman–Crippen LogP) is 1.51. The van der Waals surface area contributed by atoms with Gasteiger partial charge in [-0.2, -0.15) is 4.79 Å². The van der Waals surface area contributed by atoms with Crippen molar-refractivity contribution in [3.8, 4) is 5.75 Å². The SMILES string of the molecule is O=C(O)O.O=C1OOC(=O)c2ccccc2O1. The summed E-state index contributed by atoms with van der Waals surface area (Å²) >= 11 is 0. The molecule has 0 radical (unpaired) electrons. The molecule has 1 aromatic carbocycles. The van der Waals surface area contributed by atoms with Crippen LogP contribution in [0.5, 0.6) is 5.75 Å². The largest absolute Gasteiger partial charge is 0.555 e. The van der Waals surface area contributed by atoms with Crippen LogP contribution in [0.1, 0.15) is 10.4 Å². The number of carbonyl (C=O) groups is 3. The summed E-state index contributed by atoms with van der Waals surface area (Å²) in [7, 11) is 0. The fourth-order valence-electron chi connectivity index (χ4n) is 0.948. The molecule has 0 bridgehead atoms. The second-order valence-corrected chi connectivity index (χ2v) is 2.58. The average Bonchev–Trinajstić information content (AvgIpc) is 2.39. The summed E-state index contributed by atoms with van der Waals surface area (Å²) in [4.78, 5) is 38.4. The van der Waals surface area contributed by atoms with Gasteiger partial charge in [0.15, 0.2) is 0 Å². The molecule has 0 aromatic heterocycles. The molecule has 90 valence electrons. The van der Waals surface area contributed by atoms with Crippen molar-refractivity contribution >= 4 is 18.3 Å². The van der Waals surface area contributed by atoms with E-state index in [-0.39, 0.29) is 11.3 Å². The van der Waals surface area contributed by atoms with Crippen molar-refractivity contribution in [3.05, 3.63) is 29.8 Å². The number of hydrogen-bond acceptors (Lipinski definition) is 6. The summed E-state index contributed by atoms with van der Waals surface area (Å²) in [5.41, 5.74) is 0.161. The van der Waals surface area contributed by atoms with Gasteiger partial charge in [0.05, 0.1) is 0 Å². The van der Waals surface area contributed by atoms with E-state index in [0.717, 1.165) is 0 Å². The van der Waals surface area contributed by atoms with Crippen molar-refractivity contribution in [3.63, 3.8) is 0 Å². The highest BCUT2D eigenvalue weighted by molar-refractivity contribution is 5.94. The summed E-state index contributed by atoms with van der Waals surface area (Å²) in [5.74, 6) is -0.614. The lowest BCUT2D eigenvalue weighted by Crippen LogP contribution is -2.08. The Morgan fingerprint density at radius 3 is 2.29 bits per heavy atom. The molecular weight excluding hydrogens is 236 g/mol. The third kappa shape index (κ3) is 3.70. The Hall–Kier alpha value is -2.77. The van der Waals surface area contributed by atoms with Gasteiger partial charge in [-0.3, -0.25) is 0 Å². The number of carbonyl (C=O) groups excluding carboxylic acids is 2. The molecule has 17 heavy (non-hydrogen) atoms. The molecule has 0 spiro atoms. The van der Waals surface area contributed by atoms with E-state index >= 15 is 0 Å². The van der Waals surface area contributed by atoms with Crippen molar-refractivity contribution in [2.45, 2.75) is 0 Å². The van der Waals surface area contributed by atoms with Crippen molar-refractivity contribution in [1.82, 2.24) is 0 Å². The van der Waals surface area contributed by atoms with Gasteiger partial charge in [0.25, 0.3) is 0 Å². The van der Waals surface area contributed by atoms with Gasteiger partial charge in [-0.05, 0) is 12.1 Å². The molecule has 8 nitrogen and oxygen atoms in total. The normalized spacial score (nSPS) is 12.7. The summed E-state index contributed by atoms with van der Waals surface area (Å²) < 4.78 is 4.62. The fraction of sp³-hybridized carbons (Fsp3) is 0. The molecular formula is C9H6O8. The Morgan fingerprint density at radius 2 is 1.65 bits per heavy atom. The monoisotopic (exact) mass is 242 g/mol. The average molecular weight is 242 g/mol. The Labute approximate surface area is 93.9 Å². The summed E-state index contributed by atoms with van der Waals surface area (Å²) in [6.45, 7) is 0. The molecule has 0 fully saturated rings. The van der Waals surface area contributed by atoms with E-state index < -0.39 is 18.3 Å². The zero-order valence-corrected chi connectivity index (χ0v) is 8.15. The van der Waals surface area contributed by atoms with Crippen LogP contribution in [0, 0.1) is 0 Å². The van der Waals surface area contributed by atoms with E-state index in [9.17, 15) is 9.59 Å². The van der Waals surface area contributed by atoms with E-state index in [4.69, 9.17) is 15.0 Å². The molecule has 2 N–H and O–H groups in total. The second kappa shape index (κ2) is 5.35. The van der Waals surface area contributed by atoms with Gasteiger partial charge in [0.2, 0.25) is 0 Å². The number of ether oxygens (including phenoxy) is 1. The van der Waals surface area contributed by atoms with E-state index in [1.165, 1.54) is 12.1 Å². The Balaban J connectivity index is 0.000000317.